The van der Waals surface area contributed by atoms with Crippen molar-refractivity contribution in [2.45, 2.75) is 85.1 Å². The normalized spacial score (nSPS) is 44.2. The van der Waals surface area contributed by atoms with Gasteiger partial charge in [-0.3, -0.25) is 9.48 Å². The molecule has 0 unspecified atom stereocenters. The lowest BCUT2D eigenvalue weighted by Crippen LogP contribution is -2.52. The number of hydrogen-bond acceptors (Lipinski definition) is 2. The second-order valence-corrected chi connectivity index (χ2v) is 10.7. The van der Waals surface area contributed by atoms with Crippen LogP contribution >= 0.6 is 0 Å². The zero-order chi connectivity index (χ0) is 19.5. The average molecular weight is 381 g/mol. The first kappa shape index (κ1) is 18.6. The highest BCUT2D eigenvalue weighted by atomic mass is 16.1. The monoisotopic (exact) mass is 380 g/mol. The number of Topliss-reactive ketones (excluding diaryl/α,β-unsaturated/α-hetero) is 1. The minimum Gasteiger partial charge on any atom is -0.294 e. The van der Waals surface area contributed by atoms with Crippen molar-refractivity contribution in [2.75, 3.05) is 0 Å². The fourth-order valence-corrected chi connectivity index (χ4v) is 7.92. The molecule has 4 fully saturated rings. The molecule has 0 bridgehead atoms. The Kier molecular flexibility index (Phi) is 4.37. The van der Waals surface area contributed by atoms with Gasteiger partial charge in [-0.15, -0.1) is 0 Å². The SMILES string of the molecule is CCn1cc(/C=C2\C[C@@H]3[C@H]4CC[C@H]5CCCC[C@]5(C)[C@@H]4CC[C@]3(C)C2=O)cn1. The predicted octanol–water partition coefficient (Wildman–Crippen LogP) is 5.90. The van der Waals surface area contributed by atoms with E-state index in [9.17, 15) is 4.79 Å². The van der Waals surface area contributed by atoms with Crippen LogP contribution in [-0.4, -0.2) is 15.6 Å². The van der Waals surface area contributed by atoms with Gasteiger partial charge in [0.1, 0.15) is 0 Å². The molecule has 0 aromatic carbocycles. The van der Waals surface area contributed by atoms with Crippen LogP contribution in [0.5, 0.6) is 0 Å². The Morgan fingerprint density at radius 1 is 1.14 bits per heavy atom. The van der Waals surface area contributed by atoms with E-state index >= 15 is 0 Å². The number of aromatic nitrogens is 2. The fraction of sp³-hybridized carbons (Fsp3) is 0.760. The first-order valence-electron chi connectivity index (χ1n) is 11.7. The van der Waals surface area contributed by atoms with Crippen LogP contribution < -0.4 is 0 Å². The van der Waals surface area contributed by atoms with Gasteiger partial charge < -0.3 is 0 Å². The van der Waals surface area contributed by atoms with Crippen LogP contribution in [0.25, 0.3) is 6.08 Å². The highest BCUT2D eigenvalue weighted by Gasteiger charge is 2.60. The van der Waals surface area contributed by atoms with E-state index in [1.165, 1.54) is 44.9 Å². The molecular formula is C25H36N2O. The minimum absolute atomic E-state index is 0.119. The smallest absolute Gasteiger partial charge is 0.165 e. The lowest BCUT2D eigenvalue weighted by atomic mass is 9.45. The molecule has 4 aliphatic rings. The molecule has 0 aliphatic heterocycles. The zero-order valence-corrected chi connectivity index (χ0v) is 17.9. The van der Waals surface area contributed by atoms with Crippen LogP contribution in [-0.2, 0) is 11.3 Å². The molecule has 4 saturated carbocycles. The van der Waals surface area contributed by atoms with E-state index in [0.717, 1.165) is 48.3 Å². The van der Waals surface area contributed by atoms with Gasteiger partial charge in [0.25, 0.3) is 0 Å². The van der Waals surface area contributed by atoms with E-state index in [-0.39, 0.29) is 5.41 Å². The number of aryl methyl sites for hydroxylation is 1. The van der Waals surface area contributed by atoms with E-state index < -0.39 is 0 Å². The van der Waals surface area contributed by atoms with E-state index in [1.54, 1.807) is 0 Å². The zero-order valence-electron chi connectivity index (χ0n) is 17.9. The predicted molar refractivity (Wildman–Crippen MR) is 113 cm³/mol. The molecule has 152 valence electrons. The van der Waals surface area contributed by atoms with Gasteiger partial charge in [0.05, 0.1) is 6.20 Å². The molecule has 0 saturated heterocycles. The quantitative estimate of drug-likeness (QED) is 0.599. The van der Waals surface area contributed by atoms with Crippen molar-refractivity contribution in [2.24, 2.45) is 34.5 Å². The number of rotatable bonds is 2. The van der Waals surface area contributed by atoms with Gasteiger partial charge >= 0.3 is 0 Å². The standard InChI is InChI=1S/C25H36N2O/c1-4-27-16-17(15-26-27)13-18-14-22-20-9-8-19-7-5-6-11-24(19,2)21(20)10-12-25(22,3)23(18)28/h13,15-16,19-22H,4-12,14H2,1-3H3/b18-13+/t19-,20+,21-,22-,24+,25+/m1/s1. The molecule has 1 aromatic heterocycles. The van der Waals surface area contributed by atoms with Crippen molar-refractivity contribution in [3.63, 3.8) is 0 Å². The number of nitrogens with zero attached hydrogens (tertiary/aromatic N) is 2. The molecule has 1 aromatic rings. The maximum absolute atomic E-state index is 13.5. The Labute approximate surface area is 170 Å². The summed E-state index contributed by atoms with van der Waals surface area (Å²) in [6.45, 7) is 7.88. The molecule has 0 amide bonds. The molecule has 1 heterocycles. The van der Waals surface area contributed by atoms with Crippen LogP contribution in [0.15, 0.2) is 18.0 Å². The Balaban J connectivity index is 1.45. The van der Waals surface area contributed by atoms with Crippen LogP contribution in [0.1, 0.15) is 84.1 Å². The van der Waals surface area contributed by atoms with Crippen LogP contribution in [0, 0.1) is 34.5 Å². The fourth-order valence-electron chi connectivity index (χ4n) is 7.92. The summed E-state index contributed by atoms with van der Waals surface area (Å²) in [7, 11) is 0. The Morgan fingerprint density at radius 2 is 2.00 bits per heavy atom. The minimum atomic E-state index is -0.119. The van der Waals surface area contributed by atoms with E-state index in [4.69, 9.17) is 0 Å². The first-order chi connectivity index (χ1) is 13.5. The third-order valence-corrected chi connectivity index (χ3v) is 9.54. The van der Waals surface area contributed by atoms with Crippen molar-refractivity contribution in [1.82, 2.24) is 9.78 Å². The average Bonchev–Trinajstić information content (AvgIpc) is 3.25. The van der Waals surface area contributed by atoms with Crippen molar-refractivity contribution in [3.05, 3.63) is 23.5 Å². The highest BCUT2D eigenvalue weighted by Crippen LogP contribution is 2.66. The van der Waals surface area contributed by atoms with E-state index in [2.05, 4.69) is 38.1 Å². The van der Waals surface area contributed by atoms with E-state index in [0.29, 0.717) is 17.1 Å². The van der Waals surface area contributed by atoms with Crippen LogP contribution in [0.2, 0.25) is 0 Å². The van der Waals surface area contributed by atoms with Gasteiger partial charge in [-0.1, -0.05) is 26.7 Å². The number of hydrogen-bond donors (Lipinski definition) is 0. The first-order valence-corrected chi connectivity index (χ1v) is 11.7. The van der Waals surface area contributed by atoms with Crippen molar-refractivity contribution >= 4 is 11.9 Å². The summed E-state index contributed by atoms with van der Waals surface area (Å²) in [5.74, 6) is 3.55. The van der Waals surface area contributed by atoms with Gasteiger partial charge in [0.15, 0.2) is 5.78 Å². The highest BCUT2D eigenvalue weighted by molar-refractivity contribution is 6.05. The van der Waals surface area contributed by atoms with Gasteiger partial charge in [0.2, 0.25) is 0 Å². The molecule has 6 atom stereocenters. The second kappa shape index (κ2) is 6.57. The van der Waals surface area contributed by atoms with Gasteiger partial charge in [-0.05, 0) is 92.6 Å². The van der Waals surface area contributed by atoms with Crippen molar-refractivity contribution in [1.29, 1.82) is 0 Å². The maximum atomic E-state index is 13.5. The van der Waals surface area contributed by atoms with Crippen LogP contribution in [0.4, 0.5) is 0 Å². The molecule has 0 spiro atoms. The molecule has 4 aliphatic carbocycles. The van der Waals surface area contributed by atoms with Crippen molar-refractivity contribution < 1.29 is 4.79 Å². The largest absolute Gasteiger partial charge is 0.294 e. The summed E-state index contributed by atoms with van der Waals surface area (Å²) in [5, 5.41) is 4.39. The molecule has 3 nitrogen and oxygen atoms in total. The summed E-state index contributed by atoms with van der Waals surface area (Å²) in [6, 6.07) is 0. The summed E-state index contributed by atoms with van der Waals surface area (Å²) in [6.07, 6.45) is 18.0. The Morgan fingerprint density at radius 3 is 2.79 bits per heavy atom. The number of carbonyl (C=O) groups excluding carboxylic acids is 1. The summed E-state index contributed by atoms with van der Waals surface area (Å²) in [4.78, 5) is 13.5. The summed E-state index contributed by atoms with van der Waals surface area (Å²) in [5.41, 5.74) is 2.58. The van der Waals surface area contributed by atoms with Crippen LogP contribution in [0.3, 0.4) is 0 Å². The third-order valence-electron chi connectivity index (χ3n) is 9.54. The Hall–Kier alpha value is -1.38. The summed E-state index contributed by atoms with van der Waals surface area (Å²) < 4.78 is 1.95. The lowest BCUT2D eigenvalue weighted by molar-refractivity contribution is -0.137. The van der Waals surface area contributed by atoms with Gasteiger partial charge in [-0.25, -0.2) is 0 Å². The molecule has 0 radical (unpaired) electrons. The lowest BCUT2D eigenvalue weighted by Gasteiger charge is -2.59. The third kappa shape index (κ3) is 2.60. The second-order valence-electron chi connectivity index (χ2n) is 10.7. The van der Waals surface area contributed by atoms with Gasteiger partial charge in [-0.2, -0.15) is 5.10 Å². The topological polar surface area (TPSA) is 34.9 Å². The Bertz CT molecular complexity index is 807. The molecular weight excluding hydrogens is 344 g/mol. The van der Waals surface area contributed by atoms with E-state index in [1.807, 2.05) is 10.9 Å². The molecule has 5 rings (SSSR count). The number of allylic oxidation sites excluding steroid dienone is 1. The molecule has 28 heavy (non-hydrogen) atoms. The maximum Gasteiger partial charge on any atom is 0.165 e. The molecule has 3 heteroatoms. The molecule has 0 N–H and O–H groups in total. The van der Waals surface area contributed by atoms with Gasteiger partial charge in [0, 0.05) is 23.7 Å². The number of ketones is 1. The number of carbonyl (C=O) groups is 1. The number of fused-ring (bicyclic) bond motifs is 5. The van der Waals surface area contributed by atoms with Crippen molar-refractivity contribution in [3.8, 4) is 0 Å². The summed E-state index contributed by atoms with van der Waals surface area (Å²) >= 11 is 0.